The van der Waals surface area contributed by atoms with E-state index in [0.717, 1.165) is 43.9 Å². The van der Waals surface area contributed by atoms with E-state index in [0.29, 0.717) is 18.7 Å². The molecule has 0 radical (unpaired) electrons. The number of hydrogen-bond donors (Lipinski definition) is 1. The summed E-state index contributed by atoms with van der Waals surface area (Å²) in [5, 5.41) is 3.05. The molecule has 1 N–H and O–H groups in total. The van der Waals surface area contributed by atoms with Crippen LogP contribution in [0.2, 0.25) is 0 Å². The Morgan fingerprint density at radius 3 is 2.43 bits per heavy atom. The molecule has 160 valence electrons. The van der Waals surface area contributed by atoms with Crippen molar-refractivity contribution in [3.05, 3.63) is 60.2 Å². The minimum absolute atomic E-state index is 0.0340. The Kier molecular flexibility index (Phi) is 6.00. The Hall–Kier alpha value is -2.53. The summed E-state index contributed by atoms with van der Waals surface area (Å²) in [5.74, 6) is 0.720. The maximum Gasteiger partial charge on any atom is 0.321 e. The van der Waals surface area contributed by atoms with Crippen molar-refractivity contribution in [2.24, 2.45) is 5.41 Å². The van der Waals surface area contributed by atoms with Gasteiger partial charge in [-0.15, -0.1) is 0 Å². The van der Waals surface area contributed by atoms with Crippen molar-refractivity contribution in [3.63, 3.8) is 0 Å². The van der Waals surface area contributed by atoms with Gasteiger partial charge in [0.2, 0.25) is 0 Å². The number of urea groups is 1. The van der Waals surface area contributed by atoms with Crippen molar-refractivity contribution < 1.29 is 9.53 Å². The Balaban J connectivity index is 1.43. The van der Waals surface area contributed by atoms with Crippen molar-refractivity contribution in [2.75, 3.05) is 31.6 Å². The fraction of sp³-hybridized carbons (Fsp3) is 0.480. The lowest BCUT2D eigenvalue weighted by Gasteiger charge is -2.62. The number of nitrogens with one attached hydrogen (secondary N) is 1. The standard InChI is InChI=1S/C25H33N3O2/c1-4-30-22-13-9-8-12-21(22)26-24(29)27-16-14-25(15-17-27)18-28(19(2)3)23(25)20-10-6-5-7-11-20/h5-13,19,23H,4,14-18H2,1-3H3,(H,26,29). The summed E-state index contributed by atoms with van der Waals surface area (Å²) >= 11 is 0. The predicted molar refractivity (Wildman–Crippen MR) is 121 cm³/mol. The number of rotatable bonds is 5. The molecule has 1 spiro atoms. The molecule has 2 fully saturated rings. The quantitative estimate of drug-likeness (QED) is 0.744. The SMILES string of the molecule is CCOc1ccccc1NC(=O)N1CCC2(CC1)CN(C(C)C)C2c1ccccc1. The summed E-state index contributed by atoms with van der Waals surface area (Å²) in [6, 6.07) is 19.4. The number of piperidine rings is 1. The first-order valence-corrected chi connectivity index (χ1v) is 11.1. The van der Waals surface area contributed by atoms with Crippen LogP contribution in [0.1, 0.15) is 45.2 Å². The van der Waals surface area contributed by atoms with Crippen LogP contribution < -0.4 is 10.1 Å². The van der Waals surface area contributed by atoms with Crippen LogP contribution in [0.5, 0.6) is 5.75 Å². The highest BCUT2D eigenvalue weighted by atomic mass is 16.5. The van der Waals surface area contributed by atoms with Gasteiger partial charge in [0.25, 0.3) is 0 Å². The third kappa shape index (κ3) is 3.91. The molecular formula is C25H33N3O2. The average molecular weight is 408 g/mol. The number of amides is 2. The molecular weight excluding hydrogens is 374 g/mol. The van der Waals surface area contributed by atoms with Crippen LogP contribution in [0.15, 0.2) is 54.6 Å². The first-order valence-electron chi connectivity index (χ1n) is 11.1. The Labute approximate surface area is 180 Å². The molecule has 2 aliphatic heterocycles. The molecule has 0 aromatic heterocycles. The molecule has 1 unspecified atom stereocenters. The number of hydrogen-bond acceptors (Lipinski definition) is 3. The summed E-state index contributed by atoms with van der Waals surface area (Å²) < 4.78 is 5.64. The van der Waals surface area contributed by atoms with Crippen LogP contribution in [0.25, 0.3) is 0 Å². The van der Waals surface area contributed by atoms with E-state index in [1.165, 1.54) is 5.56 Å². The van der Waals surface area contributed by atoms with Crippen molar-refractivity contribution >= 4 is 11.7 Å². The van der Waals surface area contributed by atoms with Crippen LogP contribution in [-0.2, 0) is 0 Å². The number of benzene rings is 2. The number of carbonyl (C=O) groups excluding carboxylic acids is 1. The molecule has 2 aromatic rings. The van der Waals surface area contributed by atoms with Gasteiger partial charge in [0.05, 0.1) is 12.3 Å². The van der Waals surface area contributed by atoms with E-state index < -0.39 is 0 Å². The fourth-order valence-electron chi connectivity index (χ4n) is 5.07. The van der Waals surface area contributed by atoms with Crippen LogP contribution in [-0.4, -0.2) is 48.1 Å². The largest absolute Gasteiger partial charge is 0.492 e. The molecule has 2 aliphatic rings. The van der Waals surface area contributed by atoms with Gasteiger partial charge in [0.15, 0.2) is 0 Å². The lowest BCUT2D eigenvalue weighted by molar-refractivity contribution is -0.123. The van der Waals surface area contributed by atoms with Gasteiger partial charge in [-0.05, 0) is 51.3 Å². The molecule has 4 rings (SSSR count). The monoisotopic (exact) mass is 407 g/mol. The van der Waals surface area contributed by atoms with Crippen LogP contribution in [0.3, 0.4) is 0 Å². The lowest BCUT2D eigenvalue weighted by atomic mass is 9.62. The molecule has 0 aliphatic carbocycles. The van der Waals surface area contributed by atoms with Gasteiger partial charge in [0.1, 0.15) is 5.75 Å². The maximum absolute atomic E-state index is 12.9. The van der Waals surface area contributed by atoms with E-state index in [4.69, 9.17) is 4.74 Å². The topological polar surface area (TPSA) is 44.8 Å². The van der Waals surface area contributed by atoms with Gasteiger partial charge in [-0.25, -0.2) is 4.79 Å². The number of anilines is 1. The molecule has 0 bridgehead atoms. The fourth-order valence-corrected chi connectivity index (χ4v) is 5.07. The third-order valence-electron chi connectivity index (χ3n) is 6.66. The number of para-hydroxylation sites is 2. The van der Waals surface area contributed by atoms with Crippen molar-refractivity contribution in [2.45, 2.75) is 45.7 Å². The zero-order chi connectivity index (χ0) is 21.1. The number of likely N-dealkylation sites (tertiary alicyclic amines) is 2. The van der Waals surface area contributed by atoms with Gasteiger partial charge in [-0.1, -0.05) is 42.5 Å². The highest BCUT2D eigenvalue weighted by Crippen LogP contribution is 2.55. The first-order chi connectivity index (χ1) is 14.5. The smallest absolute Gasteiger partial charge is 0.321 e. The second kappa shape index (κ2) is 8.68. The van der Waals surface area contributed by atoms with Crippen molar-refractivity contribution in [3.8, 4) is 5.75 Å². The number of ether oxygens (including phenoxy) is 1. The van der Waals surface area contributed by atoms with Gasteiger partial charge in [0, 0.05) is 37.1 Å². The van der Waals surface area contributed by atoms with E-state index in [9.17, 15) is 4.79 Å². The van der Waals surface area contributed by atoms with Gasteiger partial charge in [-0.2, -0.15) is 0 Å². The van der Waals surface area contributed by atoms with Gasteiger partial charge in [-0.3, -0.25) is 4.90 Å². The lowest BCUT2D eigenvalue weighted by Crippen LogP contribution is -2.64. The molecule has 2 aromatic carbocycles. The zero-order valence-electron chi connectivity index (χ0n) is 18.3. The van der Waals surface area contributed by atoms with Crippen LogP contribution in [0.4, 0.5) is 10.5 Å². The summed E-state index contributed by atoms with van der Waals surface area (Å²) in [6.07, 6.45) is 2.08. The maximum atomic E-state index is 12.9. The highest BCUT2D eigenvalue weighted by Gasteiger charge is 2.54. The van der Waals surface area contributed by atoms with Gasteiger partial charge < -0.3 is 15.0 Å². The zero-order valence-corrected chi connectivity index (χ0v) is 18.3. The predicted octanol–water partition coefficient (Wildman–Crippen LogP) is 5.16. The second-order valence-electron chi connectivity index (χ2n) is 8.79. The Bertz CT molecular complexity index is 860. The molecule has 2 heterocycles. The van der Waals surface area contributed by atoms with E-state index in [-0.39, 0.29) is 11.4 Å². The molecule has 30 heavy (non-hydrogen) atoms. The molecule has 2 amide bonds. The minimum Gasteiger partial charge on any atom is -0.492 e. The normalized spacial score (nSPS) is 20.8. The highest BCUT2D eigenvalue weighted by molar-refractivity contribution is 5.91. The van der Waals surface area contributed by atoms with E-state index >= 15 is 0 Å². The third-order valence-corrected chi connectivity index (χ3v) is 6.66. The van der Waals surface area contributed by atoms with E-state index in [1.807, 2.05) is 36.1 Å². The van der Waals surface area contributed by atoms with Crippen molar-refractivity contribution in [1.82, 2.24) is 9.80 Å². The van der Waals surface area contributed by atoms with E-state index in [2.05, 4.69) is 54.4 Å². The number of carbonyl (C=O) groups is 1. The molecule has 5 nitrogen and oxygen atoms in total. The Morgan fingerprint density at radius 2 is 1.77 bits per heavy atom. The second-order valence-corrected chi connectivity index (χ2v) is 8.79. The van der Waals surface area contributed by atoms with E-state index in [1.54, 1.807) is 0 Å². The first kappa shape index (κ1) is 20.7. The Morgan fingerprint density at radius 1 is 1.10 bits per heavy atom. The molecule has 5 heteroatoms. The molecule has 2 saturated heterocycles. The summed E-state index contributed by atoms with van der Waals surface area (Å²) in [4.78, 5) is 17.5. The minimum atomic E-state index is -0.0340. The van der Waals surface area contributed by atoms with Crippen LogP contribution >= 0.6 is 0 Å². The van der Waals surface area contributed by atoms with Crippen LogP contribution in [0, 0.1) is 5.41 Å². The van der Waals surface area contributed by atoms with Crippen molar-refractivity contribution in [1.29, 1.82) is 0 Å². The summed E-state index contributed by atoms with van der Waals surface area (Å²) in [7, 11) is 0. The number of nitrogens with zero attached hydrogens (tertiary/aromatic N) is 2. The molecule has 1 atom stereocenters. The van der Waals surface area contributed by atoms with Gasteiger partial charge >= 0.3 is 6.03 Å². The molecule has 0 saturated carbocycles. The summed E-state index contributed by atoms with van der Waals surface area (Å²) in [6.45, 7) is 9.78. The average Bonchev–Trinajstić information content (AvgIpc) is 2.74. The summed E-state index contributed by atoms with van der Waals surface area (Å²) in [5.41, 5.74) is 2.41.